The van der Waals surface area contributed by atoms with Crippen molar-refractivity contribution in [2.75, 3.05) is 17.2 Å². The molecule has 0 atom stereocenters. The van der Waals surface area contributed by atoms with Crippen molar-refractivity contribution in [3.05, 3.63) is 46.9 Å². The Kier molecular flexibility index (Phi) is 6.78. The van der Waals surface area contributed by atoms with Crippen LogP contribution in [0.15, 0.2) is 35.0 Å². The van der Waals surface area contributed by atoms with Crippen molar-refractivity contribution in [2.24, 2.45) is 5.92 Å². The van der Waals surface area contributed by atoms with Gasteiger partial charge in [-0.1, -0.05) is 28.6 Å². The second kappa shape index (κ2) is 10.2. The Hall–Kier alpha value is -4.00. The number of rotatable bonds is 8. The number of benzene rings is 1. The van der Waals surface area contributed by atoms with Crippen LogP contribution in [0.25, 0.3) is 22.2 Å². The van der Waals surface area contributed by atoms with Crippen LogP contribution in [-0.2, 0) is 9.53 Å². The van der Waals surface area contributed by atoms with Crippen LogP contribution < -0.4 is 10.6 Å². The summed E-state index contributed by atoms with van der Waals surface area (Å²) in [4.78, 5) is 36.8. The van der Waals surface area contributed by atoms with E-state index in [1.807, 2.05) is 24.3 Å². The molecule has 0 radical (unpaired) electrons. The number of nitrogens with zero attached hydrogens (tertiary/aromatic N) is 4. The lowest BCUT2D eigenvalue weighted by Gasteiger charge is -2.35. The highest BCUT2D eigenvalue weighted by Gasteiger charge is 2.36. The van der Waals surface area contributed by atoms with E-state index >= 15 is 0 Å². The first-order chi connectivity index (χ1) is 17.8. The number of thiazole rings is 1. The number of hydrogen-bond acceptors (Lipinski definition) is 10. The smallest absolute Gasteiger partial charge is 0.350 e. The number of aryl methyl sites for hydroxylation is 1. The molecule has 3 aromatic heterocycles. The molecule has 3 heterocycles. The van der Waals surface area contributed by atoms with Crippen molar-refractivity contribution in [1.82, 2.24) is 20.1 Å². The van der Waals surface area contributed by atoms with Gasteiger partial charge in [-0.05, 0) is 37.3 Å². The largest absolute Gasteiger partial charge is 0.462 e. The Morgan fingerprint density at radius 1 is 1.24 bits per heavy atom. The minimum Gasteiger partial charge on any atom is -0.462 e. The zero-order valence-corrected chi connectivity index (χ0v) is 20.6. The molecule has 1 aliphatic rings. The third-order valence-corrected chi connectivity index (χ3v) is 6.92. The number of alkyl halides is 2. The van der Waals surface area contributed by atoms with E-state index in [1.54, 1.807) is 20.0 Å². The van der Waals surface area contributed by atoms with Crippen LogP contribution in [0.5, 0.6) is 0 Å². The summed E-state index contributed by atoms with van der Waals surface area (Å²) < 4.78 is 36.5. The first-order valence-corrected chi connectivity index (χ1v) is 12.4. The van der Waals surface area contributed by atoms with Crippen LogP contribution in [0.4, 0.5) is 19.7 Å². The van der Waals surface area contributed by atoms with E-state index < -0.39 is 18.1 Å². The highest BCUT2D eigenvalue weighted by atomic mass is 32.1. The first-order valence-electron chi connectivity index (χ1n) is 11.5. The van der Waals surface area contributed by atoms with Gasteiger partial charge in [0.1, 0.15) is 16.4 Å². The molecule has 37 heavy (non-hydrogen) atoms. The third kappa shape index (κ3) is 5.12. The molecule has 0 spiro atoms. The lowest BCUT2D eigenvalue weighted by molar-refractivity contribution is -0.122. The molecule has 1 fully saturated rings. The van der Waals surface area contributed by atoms with Gasteiger partial charge in [0.15, 0.2) is 5.13 Å². The van der Waals surface area contributed by atoms with Crippen molar-refractivity contribution in [1.29, 1.82) is 0 Å². The number of carbonyl (C=O) groups excluding carboxylic acids is 2. The molecule has 2 N–H and O–H groups in total. The molecule has 1 amide bonds. The molecule has 1 aromatic carbocycles. The van der Waals surface area contributed by atoms with E-state index in [9.17, 15) is 18.4 Å². The van der Waals surface area contributed by atoms with Gasteiger partial charge in [-0.15, -0.1) is 0 Å². The van der Waals surface area contributed by atoms with Crippen LogP contribution in [0.3, 0.4) is 0 Å². The molecule has 1 aliphatic carbocycles. The Balaban J connectivity index is 1.24. The molecule has 0 unspecified atom stereocenters. The van der Waals surface area contributed by atoms with E-state index in [4.69, 9.17) is 9.26 Å². The van der Waals surface area contributed by atoms with Crippen molar-refractivity contribution < 1.29 is 27.6 Å². The highest BCUT2D eigenvalue weighted by Crippen LogP contribution is 2.35. The zero-order valence-electron chi connectivity index (χ0n) is 19.8. The average Bonchev–Trinajstić information content (AvgIpc) is 3.47. The fourth-order valence-corrected chi connectivity index (χ4v) is 4.94. The van der Waals surface area contributed by atoms with Crippen molar-refractivity contribution in [2.45, 2.75) is 39.2 Å². The van der Waals surface area contributed by atoms with E-state index in [1.165, 1.54) is 0 Å². The number of nitrogens with one attached hydrogen (secondary N) is 2. The Morgan fingerprint density at radius 3 is 2.76 bits per heavy atom. The normalized spacial score (nSPS) is 17.0. The van der Waals surface area contributed by atoms with Gasteiger partial charge < -0.3 is 19.9 Å². The van der Waals surface area contributed by atoms with Crippen molar-refractivity contribution in [3.63, 3.8) is 0 Å². The second-order valence-corrected chi connectivity index (χ2v) is 9.48. The average molecular weight is 529 g/mol. The van der Waals surface area contributed by atoms with Gasteiger partial charge in [-0.2, -0.15) is 4.98 Å². The second-order valence-electron chi connectivity index (χ2n) is 8.49. The maximum absolute atomic E-state index is 13.3. The number of carbonyl (C=O) groups is 2. The molecule has 0 bridgehead atoms. The molecule has 10 nitrogen and oxygen atoms in total. The predicted molar refractivity (Wildman–Crippen MR) is 132 cm³/mol. The summed E-state index contributed by atoms with van der Waals surface area (Å²) in [6, 6.07) is 7.68. The number of pyridine rings is 1. The van der Waals surface area contributed by atoms with Gasteiger partial charge in [0.25, 0.3) is 6.43 Å². The van der Waals surface area contributed by atoms with Gasteiger partial charge in [-0.25, -0.2) is 23.5 Å². The fourth-order valence-electron chi connectivity index (χ4n) is 4.07. The van der Waals surface area contributed by atoms with Crippen LogP contribution in [0.1, 0.15) is 47.4 Å². The first kappa shape index (κ1) is 24.7. The lowest BCUT2D eigenvalue weighted by atomic mass is 9.79. The number of fused-ring (bicyclic) bond motifs is 1. The number of amides is 1. The molecule has 5 rings (SSSR count). The predicted octanol–water partition coefficient (Wildman–Crippen LogP) is 4.99. The maximum Gasteiger partial charge on any atom is 0.350 e. The van der Waals surface area contributed by atoms with Gasteiger partial charge in [0, 0.05) is 36.0 Å². The van der Waals surface area contributed by atoms with Crippen LogP contribution >= 0.6 is 11.3 Å². The lowest BCUT2D eigenvalue weighted by Crippen LogP contribution is -2.42. The molecule has 4 aromatic rings. The summed E-state index contributed by atoms with van der Waals surface area (Å²) in [6.45, 7) is 3.34. The number of esters is 1. The van der Waals surface area contributed by atoms with Gasteiger partial charge in [0.2, 0.25) is 17.6 Å². The molecule has 0 saturated heterocycles. The number of halogens is 2. The standard InChI is InChI=1S/C24H22F2N6O4S/c1-3-35-23(34)18-17(19(25)26)30-24(37-18)31-22(33)14-8-15(9-14)29-21-16-10-13(20-28-11(2)36-32-20)5-4-12(16)6-7-27-21/h4-7,10,14-15,19H,3,8-9H2,1-2H3,(H,27,29)(H,30,31,33)/t14-,15+. The van der Waals surface area contributed by atoms with Crippen LogP contribution in [0, 0.1) is 12.8 Å². The minimum absolute atomic E-state index is 0.00654. The van der Waals surface area contributed by atoms with E-state index in [2.05, 4.69) is 30.7 Å². The van der Waals surface area contributed by atoms with Gasteiger partial charge >= 0.3 is 5.97 Å². The monoisotopic (exact) mass is 528 g/mol. The zero-order chi connectivity index (χ0) is 26.1. The summed E-state index contributed by atoms with van der Waals surface area (Å²) in [5.41, 5.74) is 0.101. The topological polar surface area (TPSA) is 132 Å². The van der Waals surface area contributed by atoms with E-state index in [-0.39, 0.29) is 34.5 Å². The number of aromatic nitrogens is 4. The molecule has 0 aliphatic heterocycles. The minimum atomic E-state index is -2.96. The summed E-state index contributed by atoms with van der Waals surface area (Å²) in [5.74, 6) is 0.0588. The Morgan fingerprint density at radius 2 is 2.05 bits per heavy atom. The summed E-state index contributed by atoms with van der Waals surface area (Å²) in [6.07, 6.45) is -0.219. The van der Waals surface area contributed by atoms with Crippen molar-refractivity contribution >= 4 is 44.9 Å². The molecule has 192 valence electrons. The van der Waals surface area contributed by atoms with Crippen LogP contribution in [0.2, 0.25) is 0 Å². The Labute approximate surface area is 213 Å². The quantitative estimate of drug-likeness (QED) is 0.303. The summed E-state index contributed by atoms with van der Waals surface area (Å²) >= 11 is 0.682. The summed E-state index contributed by atoms with van der Waals surface area (Å²) in [5, 5.41) is 11.7. The summed E-state index contributed by atoms with van der Waals surface area (Å²) in [7, 11) is 0. The number of hydrogen-bond donors (Lipinski definition) is 2. The van der Waals surface area contributed by atoms with E-state index in [0.717, 1.165) is 16.3 Å². The molecule has 1 saturated carbocycles. The van der Waals surface area contributed by atoms with Crippen molar-refractivity contribution in [3.8, 4) is 11.4 Å². The van der Waals surface area contributed by atoms with Gasteiger partial charge in [0.05, 0.1) is 6.61 Å². The highest BCUT2D eigenvalue weighted by molar-refractivity contribution is 7.17. The third-order valence-electron chi connectivity index (χ3n) is 5.95. The van der Waals surface area contributed by atoms with Gasteiger partial charge in [-0.3, -0.25) is 4.79 Å². The number of anilines is 2. The fraction of sp³-hybridized carbons (Fsp3) is 0.333. The molecular weight excluding hydrogens is 506 g/mol. The SMILES string of the molecule is CCOC(=O)c1sc(NC(=O)[C@H]2C[C@@H](Nc3nccc4ccc(-c5noc(C)n5)cc34)C2)nc1C(F)F. The van der Waals surface area contributed by atoms with E-state index in [0.29, 0.717) is 41.7 Å². The molecule has 13 heteroatoms. The van der Waals surface area contributed by atoms with Crippen LogP contribution in [-0.4, -0.2) is 44.6 Å². The Bertz CT molecular complexity index is 1470. The number of ether oxygens (including phenoxy) is 1. The maximum atomic E-state index is 13.3. The molecular formula is C24H22F2N6O4S.